The molecule has 1 aromatic heterocycles. The number of imidazole rings is 1. The number of hydrogen-bond acceptors (Lipinski definition) is 19. The van der Waals surface area contributed by atoms with Gasteiger partial charge in [0.15, 0.2) is 11.7 Å². The Hall–Kier alpha value is -11.9. The van der Waals surface area contributed by atoms with E-state index < -0.39 is 175 Å². The Morgan fingerprint density at radius 1 is 0.531 bits per heavy atom. The molecule has 3 heterocycles. The van der Waals surface area contributed by atoms with Crippen molar-refractivity contribution >= 4 is 94.5 Å². The number of aromatic hydroxyl groups is 1. The number of carbonyl (C=O) groups is 15. The molecule has 4 aromatic rings. The number of carboxylic acid groups (broad SMARTS) is 1. The Morgan fingerprint density at radius 2 is 0.991 bits per heavy atom. The summed E-state index contributed by atoms with van der Waals surface area (Å²) in [6.07, 6.45) is 2.96. The second-order valence-electron chi connectivity index (χ2n) is 29.2. The van der Waals surface area contributed by atoms with Crippen molar-refractivity contribution in [2.75, 3.05) is 26.2 Å². The molecule has 36 nitrogen and oxygen atoms in total. The SMILES string of the molecule is CCCC[C@H](NC(=O)[C@@H]1CCCN1C(=O)[C@H](CCC(N)=O)NC(=O)CNC(=O)[C@@H]1CCCN1C(=O)[C@H](CCCNC(=N)N)NC(=O)[C@H](CC(C)C)NC(=O)[C@H](CCC(N)=O)NC(=O)[C@H](CC(C)C)NC(=O)[C@H](Cc1ccc(C(=O)c2ccccc2)cc1)NC(=O)[C@@H](N)Cc1cnc[nH]1)C(=O)N[C@@H](Cc1ccc(O)cc1)C(=O)O. The van der Waals surface area contributed by atoms with Crippen LogP contribution >= 0.6 is 0 Å². The van der Waals surface area contributed by atoms with Gasteiger partial charge in [0.2, 0.25) is 76.8 Å². The fourth-order valence-corrected chi connectivity index (χ4v) is 13.2. The summed E-state index contributed by atoms with van der Waals surface area (Å²) in [4.78, 5) is 217. The average Bonchev–Trinajstić information content (AvgIpc) is 1.77. The minimum atomic E-state index is -1.58. The number of guanidine groups is 1. The molecule has 2 aliphatic rings. The lowest BCUT2D eigenvalue weighted by molar-refractivity contribution is -0.144. The van der Waals surface area contributed by atoms with Crippen LogP contribution < -0.4 is 76.1 Å². The molecule has 0 unspecified atom stereocenters. The number of nitrogens with zero attached hydrogens (tertiary/aromatic N) is 3. The van der Waals surface area contributed by atoms with Gasteiger partial charge in [0.25, 0.3) is 0 Å². The number of phenolic OH excluding ortho intramolecular Hbond substituents is 1. The summed E-state index contributed by atoms with van der Waals surface area (Å²) in [5, 5.41) is 53.8. The number of nitrogens with one attached hydrogen (secondary N) is 12. The molecule has 0 saturated carbocycles. The first-order valence-corrected chi connectivity index (χ1v) is 38.1. The molecule has 113 heavy (non-hydrogen) atoms. The number of aromatic nitrogens is 2. The van der Waals surface area contributed by atoms with Crippen LogP contribution in [0.3, 0.4) is 0 Å². The normalized spacial score (nSPS) is 16.2. The molecule has 614 valence electrons. The van der Waals surface area contributed by atoms with Crippen LogP contribution in [0.15, 0.2) is 91.4 Å². The molecule has 13 amide bonds. The number of benzene rings is 3. The number of hydrogen-bond donors (Lipinski definition) is 18. The summed E-state index contributed by atoms with van der Waals surface area (Å²) < 4.78 is 0. The Morgan fingerprint density at radius 3 is 1.51 bits per heavy atom. The zero-order chi connectivity index (χ0) is 83.0. The van der Waals surface area contributed by atoms with Gasteiger partial charge in [-0.1, -0.05) is 114 Å². The van der Waals surface area contributed by atoms with Crippen LogP contribution in [0, 0.1) is 17.2 Å². The number of ketones is 1. The highest BCUT2D eigenvalue weighted by molar-refractivity contribution is 6.09. The van der Waals surface area contributed by atoms with Crippen molar-refractivity contribution in [3.8, 4) is 5.75 Å². The first-order chi connectivity index (χ1) is 53.7. The van der Waals surface area contributed by atoms with E-state index in [0.29, 0.717) is 47.2 Å². The van der Waals surface area contributed by atoms with E-state index in [9.17, 15) is 82.1 Å². The number of carbonyl (C=O) groups excluding carboxylic acids is 14. The summed E-state index contributed by atoms with van der Waals surface area (Å²) in [6.45, 7) is 8.19. The fraction of sp³-hybridized carbons (Fsp3) is 0.519. The van der Waals surface area contributed by atoms with Crippen LogP contribution in [0.4, 0.5) is 0 Å². The van der Waals surface area contributed by atoms with Gasteiger partial charge < -0.3 is 101 Å². The van der Waals surface area contributed by atoms with Crippen LogP contribution in [0.1, 0.15) is 164 Å². The maximum absolute atomic E-state index is 14.9. The number of nitrogens with two attached hydrogens (primary N) is 4. The minimum absolute atomic E-state index is 0.00230. The van der Waals surface area contributed by atoms with Crippen LogP contribution in [-0.4, -0.2) is 217 Å². The van der Waals surface area contributed by atoms with Crippen LogP contribution in [0.5, 0.6) is 5.75 Å². The van der Waals surface area contributed by atoms with Crippen molar-refractivity contribution in [2.24, 2.45) is 34.8 Å². The Labute approximate surface area is 655 Å². The smallest absolute Gasteiger partial charge is 0.326 e. The molecule has 2 fully saturated rings. The number of amides is 13. The largest absolute Gasteiger partial charge is 0.508 e. The molecule has 0 radical (unpaired) electrons. The van der Waals surface area contributed by atoms with E-state index in [4.69, 9.17) is 28.3 Å². The highest BCUT2D eigenvalue weighted by Crippen LogP contribution is 2.24. The van der Waals surface area contributed by atoms with Crippen molar-refractivity contribution in [3.05, 3.63) is 119 Å². The average molecular weight is 1570 g/mol. The number of aliphatic carboxylic acids is 1. The van der Waals surface area contributed by atoms with Gasteiger partial charge in [-0.2, -0.15) is 0 Å². The maximum Gasteiger partial charge on any atom is 0.326 e. The van der Waals surface area contributed by atoms with E-state index in [1.807, 2.05) is 6.92 Å². The summed E-state index contributed by atoms with van der Waals surface area (Å²) in [6, 6.07) is 5.88. The van der Waals surface area contributed by atoms with Crippen LogP contribution in [-0.2, 0) is 86.4 Å². The number of rotatable bonds is 46. The minimum Gasteiger partial charge on any atom is -0.508 e. The third-order valence-electron chi connectivity index (χ3n) is 19.1. The molecule has 2 aliphatic heterocycles. The van der Waals surface area contributed by atoms with E-state index in [1.165, 1.54) is 46.6 Å². The number of primary amides is 2. The van der Waals surface area contributed by atoms with Gasteiger partial charge >= 0.3 is 5.97 Å². The van der Waals surface area contributed by atoms with E-state index in [0.717, 1.165) is 0 Å². The van der Waals surface area contributed by atoms with E-state index in [1.54, 1.807) is 82.3 Å². The fourth-order valence-electron chi connectivity index (χ4n) is 13.2. The predicted octanol–water partition coefficient (Wildman–Crippen LogP) is -1.16. The number of aromatic amines is 1. The predicted molar refractivity (Wildman–Crippen MR) is 412 cm³/mol. The molecule has 2 saturated heterocycles. The van der Waals surface area contributed by atoms with Gasteiger partial charge in [0, 0.05) is 74.8 Å². The van der Waals surface area contributed by atoms with E-state index in [-0.39, 0.29) is 126 Å². The number of H-pyrrole nitrogens is 1. The van der Waals surface area contributed by atoms with Crippen molar-refractivity contribution in [3.63, 3.8) is 0 Å². The Balaban J connectivity index is 1.14. The van der Waals surface area contributed by atoms with Crippen molar-refractivity contribution in [2.45, 2.75) is 217 Å². The zero-order valence-corrected chi connectivity index (χ0v) is 64.4. The zero-order valence-electron chi connectivity index (χ0n) is 64.4. The van der Waals surface area contributed by atoms with Gasteiger partial charge in [-0.3, -0.25) is 72.5 Å². The maximum atomic E-state index is 14.9. The Bertz CT molecular complexity index is 3960. The summed E-state index contributed by atoms with van der Waals surface area (Å²) >= 11 is 0. The van der Waals surface area contributed by atoms with Gasteiger partial charge in [0.1, 0.15) is 66.2 Å². The highest BCUT2D eigenvalue weighted by Gasteiger charge is 2.42. The third-order valence-corrected chi connectivity index (χ3v) is 19.1. The third kappa shape index (κ3) is 29.4. The van der Waals surface area contributed by atoms with Crippen LogP contribution in [0.25, 0.3) is 0 Å². The summed E-state index contributed by atoms with van der Waals surface area (Å²) in [5.41, 5.74) is 25.3. The summed E-state index contributed by atoms with van der Waals surface area (Å²) in [5.74, 6) is -13.4. The van der Waals surface area contributed by atoms with Crippen molar-refractivity contribution in [1.29, 1.82) is 5.41 Å². The van der Waals surface area contributed by atoms with Crippen LogP contribution in [0.2, 0.25) is 0 Å². The first-order valence-electron chi connectivity index (χ1n) is 38.1. The van der Waals surface area contributed by atoms with Crippen molar-refractivity contribution < 1.29 is 82.1 Å². The van der Waals surface area contributed by atoms with E-state index >= 15 is 0 Å². The number of unbranched alkanes of at least 4 members (excludes halogenated alkanes) is 1. The second kappa shape index (κ2) is 44.9. The molecule has 36 heteroatoms. The quantitative estimate of drug-likeness (QED) is 0.0107. The molecule has 11 atom stereocenters. The van der Waals surface area contributed by atoms with Gasteiger partial charge in [-0.15, -0.1) is 0 Å². The van der Waals surface area contributed by atoms with Gasteiger partial charge in [0.05, 0.1) is 18.9 Å². The molecule has 0 spiro atoms. The molecule has 6 rings (SSSR count). The second-order valence-corrected chi connectivity index (χ2v) is 29.2. The monoisotopic (exact) mass is 1570 g/mol. The molecular weight excluding hydrogens is 1460 g/mol. The number of phenols is 1. The first kappa shape index (κ1) is 90.0. The van der Waals surface area contributed by atoms with Crippen molar-refractivity contribution in [1.82, 2.24) is 72.9 Å². The lowest BCUT2D eigenvalue weighted by Crippen LogP contribution is -2.60. The standard InChI is InChI=1S/C77H109N19O17/c1-6-7-16-52(67(103)94-59(76(112)113)38-46-22-26-50(97)27-23-46)89-73(109)61-19-13-34-96(61)75(111)55(29-31-63(80)99)87-64(100)41-85-72(108)60-18-12-33-95(60)74(110)54(17-11-32-84-77(81)82)90-70(106)57(36-44(4)5)92-68(104)53(28-30-62(79)98)88-69(105)56(35-43(2)3)93-71(107)58(91-66(102)51(78)39-49-40-83-42-86-49)37-45-20-24-48(25-21-45)65(101)47-14-9-8-10-15-47/h8-10,14-15,20-27,40,42-44,51-61,97H,6-7,11-13,16-19,28-39,41,78H2,1-5H3,(H2,79,98)(H2,80,99)(H,83,86)(H,85,108)(H,87,100)(H,88,105)(H,89,109)(H,90,106)(H,91,102)(H,92,104)(H,93,107)(H,94,103)(H,112,113)(H4,81,82,84)/t51-,52-,53-,54-,55-,56-,57-,58-,59-,60-,61-/m0/s1. The highest BCUT2D eigenvalue weighted by atomic mass is 16.4. The lowest BCUT2D eigenvalue weighted by Gasteiger charge is -2.31. The lowest BCUT2D eigenvalue weighted by atomic mass is 9.98. The van der Waals surface area contributed by atoms with Gasteiger partial charge in [-0.05, 0) is 106 Å². The van der Waals surface area contributed by atoms with Gasteiger partial charge in [-0.25, -0.2) is 9.78 Å². The molecule has 0 aliphatic carbocycles. The number of carboxylic acids is 1. The molecular formula is C77H109N19O17. The Kier molecular flexibility index (Phi) is 35.7. The summed E-state index contributed by atoms with van der Waals surface area (Å²) in [7, 11) is 0. The topological polar surface area (TPSA) is 580 Å². The molecule has 3 aromatic carbocycles. The number of likely N-dealkylation sites (tertiary alicyclic amines) is 2. The molecule has 0 bridgehead atoms. The molecule has 22 N–H and O–H groups in total. The van der Waals surface area contributed by atoms with E-state index in [2.05, 4.69) is 63.1 Å².